The van der Waals surface area contributed by atoms with Crippen molar-refractivity contribution in [1.29, 1.82) is 0 Å². The third-order valence-electron chi connectivity index (χ3n) is 5.74. The number of nitrogens with one attached hydrogen (secondary N) is 1. The molecule has 1 atom stereocenters. The van der Waals surface area contributed by atoms with Gasteiger partial charge in [-0.1, -0.05) is 35.3 Å². The molecule has 10 heteroatoms. The maximum absolute atomic E-state index is 12.7. The van der Waals surface area contributed by atoms with Crippen LogP contribution in [0, 0.1) is 0 Å². The van der Waals surface area contributed by atoms with Gasteiger partial charge in [0.25, 0.3) is 5.91 Å². The number of nitrogens with zero attached hydrogens (tertiary/aromatic N) is 2. The normalized spacial score (nSPS) is 14.3. The molecule has 3 aromatic carbocycles. The number of fused-ring (bicyclic) bond motifs is 1. The first kappa shape index (κ1) is 24.5. The molecule has 0 radical (unpaired) electrons. The van der Waals surface area contributed by atoms with Gasteiger partial charge in [0.15, 0.2) is 5.82 Å². The fraction of sp³-hybridized carbons (Fsp3) is 0.111. The maximum Gasteiger partial charge on any atom is 0.311 e. The van der Waals surface area contributed by atoms with E-state index in [1.807, 2.05) is 12.1 Å². The second-order valence-electron chi connectivity index (χ2n) is 8.23. The molecule has 8 nitrogen and oxygen atoms in total. The number of amides is 1. The van der Waals surface area contributed by atoms with Gasteiger partial charge >= 0.3 is 5.97 Å². The molecule has 0 spiro atoms. The van der Waals surface area contributed by atoms with Crippen LogP contribution in [0.15, 0.2) is 73.1 Å². The minimum absolute atomic E-state index is 0.263. The van der Waals surface area contributed by atoms with Crippen LogP contribution >= 0.6 is 23.2 Å². The number of carbonyl (C=O) groups is 2. The summed E-state index contributed by atoms with van der Waals surface area (Å²) in [5, 5.41) is 13.0. The number of anilines is 1. The van der Waals surface area contributed by atoms with Crippen LogP contribution < -0.4 is 14.8 Å². The van der Waals surface area contributed by atoms with E-state index >= 15 is 0 Å². The van der Waals surface area contributed by atoms with Gasteiger partial charge < -0.3 is 19.9 Å². The molecular formula is C27H19Cl2N3O5. The summed E-state index contributed by atoms with van der Waals surface area (Å²) >= 11 is 12.4. The Kier molecular flexibility index (Phi) is 6.94. The SMILES string of the molecule is O=C(Nc1cnc(-c2cccc(Cl)c2)nc1)c1ccc(Oc2cc3c(cc2Cl)C(C(=O)O)CCO3)cc1. The van der Waals surface area contributed by atoms with E-state index in [0.29, 0.717) is 57.9 Å². The molecule has 0 bridgehead atoms. The zero-order valence-electron chi connectivity index (χ0n) is 19.2. The number of carboxylic acids is 1. The summed E-state index contributed by atoms with van der Waals surface area (Å²) in [4.78, 5) is 32.8. The molecule has 0 saturated heterocycles. The van der Waals surface area contributed by atoms with E-state index in [1.165, 1.54) is 12.4 Å². The number of carboxylic acid groups (broad SMARTS) is 1. The van der Waals surface area contributed by atoms with Crippen LogP contribution in [-0.2, 0) is 4.79 Å². The number of aliphatic carboxylic acids is 1. The lowest BCUT2D eigenvalue weighted by molar-refractivity contribution is -0.139. The summed E-state index contributed by atoms with van der Waals surface area (Å²) in [5.74, 6) is -0.257. The number of hydrogen-bond donors (Lipinski definition) is 2. The van der Waals surface area contributed by atoms with Gasteiger partial charge in [-0.25, -0.2) is 9.97 Å². The molecule has 1 aliphatic rings. The van der Waals surface area contributed by atoms with Crippen molar-refractivity contribution in [3.05, 3.63) is 94.2 Å². The first-order valence-electron chi connectivity index (χ1n) is 11.2. The number of rotatable bonds is 6. The van der Waals surface area contributed by atoms with Crippen LogP contribution in [0.25, 0.3) is 11.4 Å². The van der Waals surface area contributed by atoms with Crippen LogP contribution in [0.3, 0.4) is 0 Å². The molecule has 1 amide bonds. The quantitative estimate of drug-likeness (QED) is 0.292. The zero-order chi connectivity index (χ0) is 25.9. The van der Waals surface area contributed by atoms with Gasteiger partial charge in [0, 0.05) is 27.8 Å². The Labute approximate surface area is 221 Å². The second-order valence-corrected chi connectivity index (χ2v) is 9.08. The molecule has 1 unspecified atom stereocenters. The average Bonchev–Trinajstić information content (AvgIpc) is 2.89. The van der Waals surface area contributed by atoms with E-state index in [9.17, 15) is 14.7 Å². The number of halogens is 2. The Hall–Kier alpha value is -4.14. The predicted octanol–water partition coefficient (Wildman–Crippen LogP) is 6.45. The predicted molar refractivity (Wildman–Crippen MR) is 139 cm³/mol. The first-order chi connectivity index (χ1) is 17.9. The van der Waals surface area contributed by atoms with Gasteiger partial charge in [-0.15, -0.1) is 0 Å². The summed E-state index contributed by atoms with van der Waals surface area (Å²) in [5.41, 5.74) is 2.13. The number of carbonyl (C=O) groups excluding carboxylic acids is 1. The van der Waals surface area contributed by atoms with Crippen LogP contribution in [-0.4, -0.2) is 33.6 Å². The smallest absolute Gasteiger partial charge is 0.311 e. The Morgan fingerprint density at radius 1 is 1.03 bits per heavy atom. The number of benzene rings is 3. The Balaban J connectivity index is 1.25. The first-order valence-corrected chi connectivity index (χ1v) is 12.0. The van der Waals surface area contributed by atoms with Crippen LogP contribution in [0.1, 0.15) is 28.3 Å². The number of aromatic nitrogens is 2. The van der Waals surface area contributed by atoms with Gasteiger partial charge in [0.2, 0.25) is 0 Å². The van der Waals surface area contributed by atoms with Crippen molar-refractivity contribution in [2.75, 3.05) is 11.9 Å². The largest absolute Gasteiger partial charge is 0.493 e. The van der Waals surface area contributed by atoms with E-state index in [2.05, 4.69) is 15.3 Å². The Morgan fingerprint density at radius 2 is 1.78 bits per heavy atom. The minimum atomic E-state index is -0.924. The van der Waals surface area contributed by atoms with Gasteiger partial charge in [-0.2, -0.15) is 0 Å². The van der Waals surface area contributed by atoms with E-state index in [0.717, 1.165) is 5.56 Å². The van der Waals surface area contributed by atoms with Crippen molar-refractivity contribution in [2.45, 2.75) is 12.3 Å². The van der Waals surface area contributed by atoms with Gasteiger partial charge in [-0.3, -0.25) is 9.59 Å². The lowest BCUT2D eigenvalue weighted by Gasteiger charge is -2.24. The van der Waals surface area contributed by atoms with Crippen molar-refractivity contribution in [3.63, 3.8) is 0 Å². The summed E-state index contributed by atoms with van der Waals surface area (Å²) in [7, 11) is 0. The van der Waals surface area contributed by atoms with Gasteiger partial charge in [0.05, 0.1) is 35.6 Å². The molecule has 186 valence electrons. The molecule has 4 aromatic rings. The topological polar surface area (TPSA) is 111 Å². The van der Waals surface area contributed by atoms with E-state index in [1.54, 1.807) is 48.5 Å². The van der Waals surface area contributed by atoms with E-state index < -0.39 is 11.9 Å². The third-order valence-corrected chi connectivity index (χ3v) is 6.27. The molecule has 0 aliphatic carbocycles. The summed E-state index contributed by atoms with van der Waals surface area (Å²) in [6.07, 6.45) is 3.42. The summed E-state index contributed by atoms with van der Waals surface area (Å²) in [6.45, 7) is 0.295. The molecular weight excluding hydrogens is 517 g/mol. The molecule has 2 heterocycles. The molecule has 1 aromatic heterocycles. The maximum atomic E-state index is 12.7. The monoisotopic (exact) mass is 535 g/mol. The van der Waals surface area contributed by atoms with Gasteiger partial charge in [0.1, 0.15) is 17.2 Å². The molecule has 5 rings (SSSR count). The standard InChI is InChI=1S/C27H19Cl2N3O5/c28-17-3-1-2-16(10-17)25-30-13-18(14-31-25)32-26(33)15-4-6-19(7-5-15)37-24-12-23-21(11-22(24)29)20(27(34)35)8-9-36-23/h1-7,10-14,20H,8-9H2,(H,32,33)(H,34,35). The van der Waals surface area contributed by atoms with Crippen molar-refractivity contribution >= 4 is 40.8 Å². The van der Waals surface area contributed by atoms with Gasteiger partial charge in [-0.05, 0) is 48.9 Å². The highest BCUT2D eigenvalue weighted by Crippen LogP contribution is 2.41. The Morgan fingerprint density at radius 3 is 2.49 bits per heavy atom. The molecule has 0 fully saturated rings. The van der Waals surface area contributed by atoms with Crippen molar-refractivity contribution < 1.29 is 24.2 Å². The second kappa shape index (κ2) is 10.5. The van der Waals surface area contributed by atoms with Crippen LogP contribution in [0.4, 0.5) is 5.69 Å². The lowest BCUT2D eigenvalue weighted by atomic mass is 9.93. The number of ether oxygens (including phenoxy) is 2. The Bertz CT molecular complexity index is 1480. The van der Waals surface area contributed by atoms with Crippen LogP contribution in [0.2, 0.25) is 10.0 Å². The van der Waals surface area contributed by atoms with E-state index in [4.69, 9.17) is 32.7 Å². The summed E-state index contributed by atoms with van der Waals surface area (Å²) < 4.78 is 11.5. The molecule has 0 saturated carbocycles. The third kappa shape index (κ3) is 5.50. The highest BCUT2D eigenvalue weighted by molar-refractivity contribution is 6.32. The molecule has 2 N–H and O–H groups in total. The molecule has 1 aliphatic heterocycles. The van der Waals surface area contributed by atoms with Crippen molar-refractivity contribution in [2.24, 2.45) is 0 Å². The summed E-state index contributed by atoms with van der Waals surface area (Å²) in [6, 6.07) is 16.8. The van der Waals surface area contributed by atoms with Crippen LogP contribution in [0.5, 0.6) is 17.2 Å². The fourth-order valence-corrected chi connectivity index (χ4v) is 4.30. The number of hydrogen-bond acceptors (Lipinski definition) is 6. The lowest BCUT2D eigenvalue weighted by Crippen LogP contribution is -2.20. The fourth-order valence-electron chi connectivity index (χ4n) is 3.90. The molecule has 37 heavy (non-hydrogen) atoms. The van der Waals surface area contributed by atoms with E-state index in [-0.39, 0.29) is 10.9 Å². The average molecular weight is 536 g/mol. The minimum Gasteiger partial charge on any atom is -0.493 e. The van der Waals surface area contributed by atoms with Crippen molar-refractivity contribution in [3.8, 4) is 28.6 Å². The van der Waals surface area contributed by atoms with Crippen molar-refractivity contribution in [1.82, 2.24) is 9.97 Å². The highest BCUT2D eigenvalue weighted by Gasteiger charge is 2.29. The zero-order valence-corrected chi connectivity index (χ0v) is 20.7. The highest BCUT2D eigenvalue weighted by atomic mass is 35.5.